The van der Waals surface area contributed by atoms with E-state index in [0.717, 1.165) is 16.5 Å². The molecule has 0 unspecified atom stereocenters. The fourth-order valence-electron chi connectivity index (χ4n) is 1.73. The van der Waals surface area contributed by atoms with Crippen LogP contribution in [0.1, 0.15) is 0 Å². The minimum atomic E-state index is 0.553. The minimum absolute atomic E-state index is 0.553. The molecule has 0 aliphatic heterocycles. The highest BCUT2D eigenvalue weighted by Crippen LogP contribution is 2.30. The van der Waals surface area contributed by atoms with E-state index < -0.39 is 0 Å². The van der Waals surface area contributed by atoms with Crippen molar-refractivity contribution in [1.29, 1.82) is 0 Å². The van der Waals surface area contributed by atoms with Crippen molar-refractivity contribution in [2.75, 3.05) is 5.73 Å². The number of hydrogen-bond donors (Lipinski definition) is 2. The number of benzene rings is 1. The number of aromatic amines is 1. The number of rotatable bonds is 1. The maximum atomic E-state index is 5.76. The number of nitrogens with zero attached hydrogens (tertiary/aromatic N) is 1. The van der Waals surface area contributed by atoms with Crippen LogP contribution in [0.4, 0.5) is 5.69 Å². The largest absolute Gasteiger partial charge is 0.394 e. The molecule has 0 aliphatic carbocycles. The Morgan fingerprint density at radius 2 is 2.20 bits per heavy atom. The molecule has 3 N–H and O–H groups in total. The summed E-state index contributed by atoms with van der Waals surface area (Å²) in [5, 5.41) is 4.80. The van der Waals surface area contributed by atoms with Gasteiger partial charge in [0.25, 0.3) is 0 Å². The predicted molar refractivity (Wildman–Crippen MR) is 58.2 cm³/mol. The first-order chi connectivity index (χ1) is 7.36. The van der Waals surface area contributed by atoms with Crippen molar-refractivity contribution in [2.24, 2.45) is 0 Å². The van der Waals surface area contributed by atoms with Gasteiger partial charge in [0, 0.05) is 17.1 Å². The maximum Gasteiger partial charge on any atom is 0.191 e. The second kappa shape index (κ2) is 2.88. The average Bonchev–Trinajstić information content (AvgIpc) is 2.85. The molecular weight excluding hydrogens is 190 g/mol. The first-order valence-electron chi connectivity index (χ1n) is 4.63. The lowest BCUT2D eigenvalue weighted by molar-refractivity contribution is 0.433. The molecule has 0 atom stereocenters. The first kappa shape index (κ1) is 8.11. The van der Waals surface area contributed by atoms with Crippen molar-refractivity contribution in [1.82, 2.24) is 10.1 Å². The van der Waals surface area contributed by atoms with Crippen LogP contribution < -0.4 is 5.73 Å². The summed E-state index contributed by atoms with van der Waals surface area (Å²) in [7, 11) is 0. The quantitative estimate of drug-likeness (QED) is 0.632. The minimum Gasteiger partial charge on any atom is -0.394 e. The molecule has 0 fully saturated rings. The lowest BCUT2D eigenvalue weighted by atomic mass is 10.1. The third kappa shape index (κ3) is 1.11. The molecule has 0 saturated heterocycles. The van der Waals surface area contributed by atoms with E-state index in [2.05, 4.69) is 10.1 Å². The molecule has 0 radical (unpaired) electrons. The van der Waals surface area contributed by atoms with Crippen LogP contribution in [0, 0.1) is 0 Å². The fourth-order valence-corrected chi connectivity index (χ4v) is 1.73. The molecule has 15 heavy (non-hydrogen) atoms. The summed E-state index contributed by atoms with van der Waals surface area (Å²) in [6.07, 6.45) is 3.40. The topological polar surface area (TPSA) is 67.8 Å². The van der Waals surface area contributed by atoms with Gasteiger partial charge in [0.2, 0.25) is 0 Å². The van der Waals surface area contributed by atoms with Gasteiger partial charge >= 0.3 is 0 Å². The number of fused-ring (bicyclic) bond motifs is 1. The van der Waals surface area contributed by atoms with Gasteiger partial charge in [-0.15, -0.1) is 0 Å². The SMILES string of the molecule is Nc1cnoc1-c1cccc2cc[nH]c12. The molecule has 3 aromatic rings. The van der Waals surface area contributed by atoms with Gasteiger partial charge in [-0.25, -0.2) is 0 Å². The van der Waals surface area contributed by atoms with Crippen LogP contribution in [-0.4, -0.2) is 10.1 Å². The van der Waals surface area contributed by atoms with Gasteiger partial charge in [0.05, 0.1) is 11.7 Å². The third-order valence-corrected chi connectivity index (χ3v) is 2.43. The fraction of sp³-hybridized carbons (Fsp3) is 0. The van der Waals surface area contributed by atoms with E-state index in [4.69, 9.17) is 10.3 Å². The van der Waals surface area contributed by atoms with Crippen molar-refractivity contribution < 1.29 is 4.52 Å². The number of hydrogen-bond acceptors (Lipinski definition) is 3. The molecule has 2 heterocycles. The lowest BCUT2D eigenvalue weighted by Gasteiger charge is -1.99. The Bertz CT molecular complexity index is 609. The molecule has 2 aromatic heterocycles. The van der Waals surface area contributed by atoms with Gasteiger partial charge in [-0.1, -0.05) is 17.3 Å². The van der Waals surface area contributed by atoms with Crippen LogP contribution in [0.25, 0.3) is 22.2 Å². The third-order valence-electron chi connectivity index (χ3n) is 2.43. The molecule has 0 aliphatic rings. The summed E-state index contributed by atoms with van der Waals surface area (Å²) in [6, 6.07) is 7.95. The number of aromatic nitrogens is 2. The predicted octanol–water partition coefficient (Wildman–Crippen LogP) is 2.41. The van der Waals surface area contributed by atoms with Crippen LogP contribution in [0.3, 0.4) is 0 Å². The molecule has 74 valence electrons. The summed E-state index contributed by atoms with van der Waals surface area (Å²) in [5.41, 5.74) is 8.27. The molecule has 0 bridgehead atoms. The molecule has 0 saturated carbocycles. The van der Waals surface area contributed by atoms with Crippen molar-refractivity contribution in [3.63, 3.8) is 0 Å². The number of nitrogens with one attached hydrogen (secondary N) is 1. The number of nitrogens with two attached hydrogens (primary N) is 1. The molecule has 4 heteroatoms. The number of H-pyrrole nitrogens is 1. The van der Waals surface area contributed by atoms with Crippen molar-refractivity contribution >= 4 is 16.6 Å². The van der Waals surface area contributed by atoms with E-state index in [1.54, 1.807) is 0 Å². The van der Waals surface area contributed by atoms with Gasteiger partial charge in [-0.2, -0.15) is 0 Å². The lowest BCUT2D eigenvalue weighted by Crippen LogP contribution is -1.85. The van der Waals surface area contributed by atoms with Crippen molar-refractivity contribution in [3.05, 3.63) is 36.7 Å². The molecule has 0 amide bonds. The number of anilines is 1. The normalized spacial score (nSPS) is 10.9. The van der Waals surface area contributed by atoms with E-state index in [-0.39, 0.29) is 0 Å². The second-order valence-electron chi connectivity index (χ2n) is 3.36. The maximum absolute atomic E-state index is 5.76. The average molecular weight is 199 g/mol. The standard InChI is InChI=1S/C11H9N3O/c12-9-6-14-15-11(9)8-3-1-2-7-4-5-13-10(7)8/h1-6,13H,12H2. The molecule has 0 spiro atoms. The highest BCUT2D eigenvalue weighted by atomic mass is 16.5. The van der Waals surface area contributed by atoms with E-state index in [1.165, 1.54) is 6.20 Å². The second-order valence-corrected chi connectivity index (χ2v) is 3.36. The zero-order valence-corrected chi connectivity index (χ0v) is 7.90. The Morgan fingerprint density at radius 3 is 3.00 bits per heavy atom. The Kier molecular flexibility index (Phi) is 1.56. The van der Waals surface area contributed by atoms with Crippen molar-refractivity contribution in [2.45, 2.75) is 0 Å². The Labute approximate surface area is 85.7 Å². The van der Waals surface area contributed by atoms with Crippen molar-refractivity contribution in [3.8, 4) is 11.3 Å². The number of nitrogen functional groups attached to an aromatic ring is 1. The summed E-state index contributed by atoms with van der Waals surface area (Å²) in [5.74, 6) is 0.614. The highest BCUT2D eigenvalue weighted by molar-refractivity contribution is 5.94. The van der Waals surface area contributed by atoms with Gasteiger partial charge in [-0.3, -0.25) is 0 Å². The van der Waals surface area contributed by atoms with Gasteiger partial charge in [0.1, 0.15) is 5.69 Å². The Morgan fingerprint density at radius 1 is 1.27 bits per heavy atom. The monoisotopic (exact) mass is 199 g/mol. The van der Waals surface area contributed by atoms with Gasteiger partial charge in [0.15, 0.2) is 5.76 Å². The van der Waals surface area contributed by atoms with E-state index in [0.29, 0.717) is 11.4 Å². The Hall–Kier alpha value is -2.23. The van der Waals surface area contributed by atoms with Gasteiger partial charge in [-0.05, 0) is 12.1 Å². The van der Waals surface area contributed by atoms with Crippen LogP contribution >= 0.6 is 0 Å². The molecule has 3 rings (SSSR count). The summed E-state index contributed by atoms with van der Waals surface area (Å²) < 4.78 is 5.13. The summed E-state index contributed by atoms with van der Waals surface area (Å²) in [4.78, 5) is 3.16. The highest BCUT2D eigenvalue weighted by Gasteiger charge is 2.11. The number of para-hydroxylation sites is 1. The summed E-state index contributed by atoms with van der Waals surface area (Å²) >= 11 is 0. The smallest absolute Gasteiger partial charge is 0.191 e. The Balaban J connectivity index is 2.36. The molecule has 4 nitrogen and oxygen atoms in total. The van der Waals surface area contributed by atoms with Crippen LogP contribution in [0.2, 0.25) is 0 Å². The zero-order chi connectivity index (χ0) is 10.3. The van der Waals surface area contributed by atoms with Crippen LogP contribution in [-0.2, 0) is 0 Å². The van der Waals surface area contributed by atoms with Gasteiger partial charge < -0.3 is 15.2 Å². The van der Waals surface area contributed by atoms with E-state index in [9.17, 15) is 0 Å². The zero-order valence-electron chi connectivity index (χ0n) is 7.90. The first-order valence-corrected chi connectivity index (χ1v) is 4.63. The van der Waals surface area contributed by atoms with Crippen LogP contribution in [0.15, 0.2) is 41.2 Å². The molecular formula is C11H9N3O. The van der Waals surface area contributed by atoms with Crippen LogP contribution in [0.5, 0.6) is 0 Å². The molecule has 1 aromatic carbocycles. The van der Waals surface area contributed by atoms with E-state index in [1.807, 2.05) is 30.5 Å². The summed E-state index contributed by atoms with van der Waals surface area (Å²) in [6.45, 7) is 0. The van der Waals surface area contributed by atoms with E-state index >= 15 is 0 Å².